The van der Waals surface area contributed by atoms with E-state index in [4.69, 9.17) is 14.7 Å². The van der Waals surface area contributed by atoms with Crippen LogP contribution in [0.25, 0.3) is 0 Å². The summed E-state index contributed by atoms with van der Waals surface area (Å²) in [6, 6.07) is 13.8. The van der Waals surface area contributed by atoms with Gasteiger partial charge in [0, 0.05) is 18.2 Å². The molecule has 32 heavy (non-hydrogen) atoms. The van der Waals surface area contributed by atoms with Gasteiger partial charge < -0.3 is 24.8 Å². The number of anilines is 1. The van der Waals surface area contributed by atoms with Gasteiger partial charge in [-0.1, -0.05) is 12.1 Å². The van der Waals surface area contributed by atoms with Gasteiger partial charge in [-0.15, -0.1) is 0 Å². The van der Waals surface area contributed by atoms with Gasteiger partial charge in [-0.2, -0.15) is 5.26 Å². The van der Waals surface area contributed by atoms with Gasteiger partial charge in [-0.3, -0.25) is 14.4 Å². The molecule has 0 aromatic heterocycles. The maximum Gasteiger partial charge on any atom is 0.325 e. The van der Waals surface area contributed by atoms with Crippen molar-refractivity contribution < 1.29 is 28.6 Å². The number of amides is 2. The minimum atomic E-state index is -0.516. The van der Waals surface area contributed by atoms with E-state index in [1.54, 1.807) is 42.5 Å². The van der Waals surface area contributed by atoms with E-state index < -0.39 is 5.97 Å². The molecule has 0 spiro atoms. The SMILES string of the molecule is COC(=O)CNC(=O)Cc1ccc(NC(=O)CCCOc2ccc(C#N)cc2OC)cc1. The molecule has 9 heteroatoms. The highest BCUT2D eigenvalue weighted by Crippen LogP contribution is 2.28. The zero-order valence-electron chi connectivity index (χ0n) is 18.0. The molecule has 2 rings (SSSR count). The lowest BCUT2D eigenvalue weighted by molar-refractivity contribution is -0.141. The van der Waals surface area contributed by atoms with Gasteiger partial charge in [0.2, 0.25) is 11.8 Å². The molecule has 0 atom stereocenters. The minimum absolute atomic E-state index is 0.112. The first-order valence-electron chi connectivity index (χ1n) is 9.88. The molecule has 2 amide bonds. The summed E-state index contributed by atoms with van der Waals surface area (Å²) in [5, 5.41) is 14.2. The summed E-state index contributed by atoms with van der Waals surface area (Å²) in [4.78, 5) is 35.0. The average Bonchev–Trinajstić information content (AvgIpc) is 2.81. The molecule has 0 aliphatic rings. The van der Waals surface area contributed by atoms with Crippen molar-refractivity contribution in [2.45, 2.75) is 19.3 Å². The largest absolute Gasteiger partial charge is 0.493 e. The number of esters is 1. The van der Waals surface area contributed by atoms with Gasteiger partial charge in [0.25, 0.3) is 0 Å². The third kappa shape index (κ3) is 7.99. The number of hydrogen-bond acceptors (Lipinski definition) is 7. The number of benzene rings is 2. The van der Waals surface area contributed by atoms with E-state index in [1.165, 1.54) is 14.2 Å². The van der Waals surface area contributed by atoms with E-state index in [0.29, 0.717) is 35.8 Å². The third-order valence-corrected chi connectivity index (χ3v) is 4.36. The van der Waals surface area contributed by atoms with Crippen LogP contribution in [0.5, 0.6) is 11.5 Å². The first-order valence-corrected chi connectivity index (χ1v) is 9.88. The number of nitrogens with one attached hydrogen (secondary N) is 2. The molecule has 0 aliphatic heterocycles. The fourth-order valence-corrected chi connectivity index (χ4v) is 2.69. The van der Waals surface area contributed by atoms with Gasteiger partial charge >= 0.3 is 5.97 Å². The third-order valence-electron chi connectivity index (χ3n) is 4.36. The molecule has 0 aliphatic carbocycles. The number of methoxy groups -OCH3 is 2. The van der Waals surface area contributed by atoms with Crippen molar-refractivity contribution in [3.63, 3.8) is 0 Å². The number of ether oxygens (including phenoxy) is 3. The Kier molecular flexibility index (Phi) is 9.53. The molecule has 0 saturated heterocycles. The highest BCUT2D eigenvalue weighted by atomic mass is 16.5. The maximum absolute atomic E-state index is 12.1. The summed E-state index contributed by atoms with van der Waals surface area (Å²) in [7, 11) is 2.75. The zero-order valence-corrected chi connectivity index (χ0v) is 18.0. The van der Waals surface area contributed by atoms with E-state index in [-0.39, 0.29) is 31.2 Å². The molecule has 0 unspecified atom stereocenters. The lowest BCUT2D eigenvalue weighted by Gasteiger charge is -2.11. The molecule has 2 aromatic rings. The van der Waals surface area contributed by atoms with E-state index in [0.717, 1.165) is 5.56 Å². The molecule has 0 fully saturated rings. The van der Waals surface area contributed by atoms with Crippen LogP contribution in [0.3, 0.4) is 0 Å². The number of carbonyl (C=O) groups excluding carboxylic acids is 3. The van der Waals surface area contributed by atoms with Crippen LogP contribution >= 0.6 is 0 Å². The van der Waals surface area contributed by atoms with Crippen LogP contribution in [0.2, 0.25) is 0 Å². The van der Waals surface area contributed by atoms with Crippen LogP contribution in [-0.4, -0.2) is 45.2 Å². The van der Waals surface area contributed by atoms with Crippen molar-refractivity contribution >= 4 is 23.5 Å². The number of carbonyl (C=O) groups is 3. The van der Waals surface area contributed by atoms with E-state index in [1.807, 2.05) is 6.07 Å². The molecule has 9 nitrogen and oxygen atoms in total. The predicted octanol–water partition coefficient (Wildman–Crippen LogP) is 2.20. The minimum Gasteiger partial charge on any atom is -0.493 e. The molecule has 0 bridgehead atoms. The second kappa shape index (κ2) is 12.6. The summed E-state index contributed by atoms with van der Waals surface area (Å²) in [5.74, 6) is -0.00131. The van der Waals surface area contributed by atoms with Crippen LogP contribution in [0.1, 0.15) is 24.0 Å². The second-order valence-corrected chi connectivity index (χ2v) is 6.70. The molecule has 168 valence electrons. The molecule has 0 saturated carbocycles. The Hall–Kier alpha value is -4.06. The number of nitriles is 1. The van der Waals surface area contributed by atoms with Crippen LogP contribution in [0.4, 0.5) is 5.69 Å². The molecular formula is C23H25N3O6. The standard InChI is InChI=1S/C23H25N3O6/c1-30-20-12-17(14-24)7-10-19(20)32-11-3-4-21(27)26-18-8-5-16(6-9-18)13-22(28)25-15-23(29)31-2/h5-10,12H,3-4,11,13,15H2,1-2H3,(H,25,28)(H,26,27). The lowest BCUT2D eigenvalue weighted by atomic mass is 10.1. The Labute approximate surface area is 186 Å². The highest BCUT2D eigenvalue weighted by molar-refractivity contribution is 5.90. The zero-order chi connectivity index (χ0) is 23.3. The van der Waals surface area contributed by atoms with Gasteiger partial charge in [0.15, 0.2) is 11.5 Å². The number of nitrogens with zero attached hydrogens (tertiary/aromatic N) is 1. The van der Waals surface area contributed by atoms with Crippen molar-refractivity contribution in [3.05, 3.63) is 53.6 Å². The van der Waals surface area contributed by atoms with Crippen LogP contribution < -0.4 is 20.1 Å². The predicted molar refractivity (Wildman–Crippen MR) is 116 cm³/mol. The molecular weight excluding hydrogens is 414 g/mol. The Bertz CT molecular complexity index is 982. The molecule has 2 aromatic carbocycles. The fraction of sp³-hybridized carbons (Fsp3) is 0.304. The first-order chi connectivity index (χ1) is 15.4. The van der Waals surface area contributed by atoms with Crippen molar-refractivity contribution in [1.29, 1.82) is 5.26 Å². The Morgan fingerprint density at radius 1 is 1.00 bits per heavy atom. The highest BCUT2D eigenvalue weighted by Gasteiger charge is 2.09. The van der Waals surface area contributed by atoms with E-state index in [2.05, 4.69) is 15.4 Å². The Morgan fingerprint density at radius 3 is 2.41 bits per heavy atom. The van der Waals surface area contributed by atoms with Crippen molar-refractivity contribution in [1.82, 2.24) is 5.32 Å². The summed E-state index contributed by atoms with van der Waals surface area (Å²) in [5.41, 5.74) is 1.83. The smallest absolute Gasteiger partial charge is 0.325 e. The number of rotatable bonds is 11. The van der Waals surface area contributed by atoms with E-state index in [9.17, 15) is 14.4 Å². The van der Waals surface area contributed by atoms with Crippen molar-refractivity contribution in [2.75, 3.05) is 32.7 Å². The van der Waals surface area contributed by atoms with Crippen LogP contribution in [-0.2, 0) is 25.5 Å². The molecule has 0 radical (unpaired) electrons. The first kappa shape index (κ1) is 24.2. The monoisotopic (exact) mass is 439 g/mol. The summed E-state index contributed by atoms with van der Waals surface area (Å²) >= 11 is 0. The summed E-state index contributed by atoms with van der Waals surface area (Å²) in [6.45, 7) is 0.139. The number of hydrogen-bond donors (Lipinski definition) is 2. The maximum atomic E-state index is 12.1. The van der Waals surface area contributed by atoms with Gasteiger partial charge in [0.05, 0.1) is 38.9 Å². The second-order valence-electron chi connectivity index (χ2n) is 6.70. The quantitative estimate of drug-likeness (QED) is 0.406. The fourth-order valence-electron chi connectivity index (χ4n) is 2.69. The van der Waals surface area contributed by atoms with Gasteiger partial charge in [-0.05, 0) is 36.2 Å². The molecule has 0 heterocycles. The Balaban J connectivity index is 1.72. The Morgan fingerprint density at radius 2 is 1.75 bits per heavy atom. The average molecular weight is 439 g/mol. The normalized spacial score (nSPS) is 9.91. The van der Waals surface area contributed by atoms with Crippen molar-refractivity contribution in [2.24, 2.45) is 0 Å². The van der Waals surface area contributed by atoms with E-state index >= 15 is 0 Å². The topological polar surface area (TPSA) is 127 Å². The van der Waals surface area contributed by atoms with Gasteiger partial charge in [-0.25, -0.2) is 0 Å². The lowest BCUT2D eigenvalue weighted by Crippen LogP contribution is -2.31. The van der Waals surface area contributed by atoms with Gasteiger partial charge in [0.1, 0.15) is 6.54 Å². The van der Waals surface area contributed by atoms with Crippen molar-refractivity contribution in [3.8, 4) is 17.6 Å². The summed E-state index contributed by atoms with van der Waals surface area (Å²) < 4.78 is 15.3. The van der Waals surface area contributed by atoms with Crippen LogP contribution in [0, 0.1) is 11.3 Å². The van der Waals surface area contributed by atoms with Crippen LogP contribution in [0.15, 0.2) is 42.5 Å². The molecule has 2 N–H and O–H groups in total. The summed E-state index contributed by atoms with van der Waals surface area (Å²) in [6.07, 6.45) is 0.866.